The van der Waals surface area contributed by atoms with E-state index in [0.29, 0.717) is 0 Å². The van der Waals surface area contributed by atoms with Crippen LogP contribution in [0.5, 0.6) is 0 Å². The molecule has 0 unspecified atom stereocenters. The second-order valence-electron chi connectivity index (χ2n) is 4.96. The van der Waals surface area contributed by atoms with E-state index < -0.39 is 11.9 Å². The molecule has 4 nitrogen and oxygen atoms in total. The van der Waals surface area contributed by atoms with E-state index in [0.717, 1.165) is 21.9 Å². The van der Waals surface area contributed by atoms with Gasteiger partial charge in [-0.1, -0.05) is 44.2 Å². The van der Waals surface area contributed by atoms with Crippen LogP contribution in [0.4, 0.5) is 0 Å². The van der Waals surface area contributed by atoms with Crippen molar-refractivity contribution in [1.29, 1.82) is 0 Å². The van der Waals surface area contributed by atoms with Gasteiger partial charge in [-0.15, -0.1) is 0 Å². The highest BCUT2D eigenvalue weighted by Crippen LogP contribution is 2.25. The average molecular weight is 322 g/mol. The molecular formula is C20H18O4. The SMILES string of the molecule is CC.O=C(O)c1ccc(-c2ccc3cc(C(=O)O)ccc3c2)cc1. The Morgan fingerprint density at radius 3 is 1.67 bits per heavy atom. The Balaban J connectivity index is 0.00000100. The molecule has 0 aromatic heterocycles. The van der Waals surface area contributed by atoms with Gasteiger partial charge in [0.25, 0.3) is 0 Å². The van der Waals surface area contributed by atoms with Gasteiger partial charge in [-0.25, -0.2) is 9.59 Å². The highest BCUT2D eigenvalue weighted by Gasteiger charge is 2.06. The van der Waals surface area contributed by atoms with Gasteiger partial charge >= 0.3 is 11.9 Å². The predicted molar refractivity (Wildman–Crippen MR) is 94.7 cm³/mol. The van der Waals surface area contributed by atoms with E-state index in [2.05, 4.69) is 0 Å². The number of carbonyl (C=O) groups is 2. The smallest absolute Gasteiger partial charge is 0.335 e. The van der Waals surface area contributed by atoms with Crippen LogP contribution < -0.4 is 0 Å². The molecule has 0 fully saturated rings. The number of hydrogen-bond donors (Lipinski definition) is 2. The average Bonchev–Trinajstić information content (AvgIpc) is 2.62. The van der Waals surface area contributed by atoms with Gasteiger partial charge in [-0.2, -0.15) is 0 Å². The van der Waals surface area contributed by atoms with Crippen LogP contribution in [0.3, 0.4) is 0 Å². The zero-order valence-electron chi connectivity index (χ0n) is 13.5. The molecule has 3 aromatic rings. The molecular weight excluding hydrogens is 304 g/mol. The van der Waals surface area contributed by atoms with Crippen LogP contribution in [0.25, 0.3) is 21.9 Å². The molecule has 0 heterocycles. The Hall–Kier alpha value is -3.14. The molecule has 0 bridgehead atoms. The quantitative estimate of drug-likeness (QED) is 0.717. The Kier molecular flexibility index (Phi) is 5.32. The minimum Gasteiger partial charge on any atom is -0.478 e. The fraction of sp³-hybridized carbons (Fsp3) is 0.100. The monoisotopic (exact) mass is 322 g/mol. The Bertz CT molecular complexity index is 880. The lowest BCUT2D eigenvalue weighted by Crippen LogP contribution is -1.95. The van der Waals surface area contributed by atoms with Crippen molar-refractivity contribution < 1.29 is 19.8 Å². The molecule has 0 atom stereocenters. The summed E-state index contributed by atoms with van der Waals surface area (Å²) in [6.07, 6.45) is 0. The third-order valence-corrected chi connectivity index (χ3v) is 3.55. The normalized spacial score (nSPS) is 9.92. The lowest BCUT2D eigenvalue weighted by atomic mass is 9.99. The summed E-state index contributed by atoms with van der Waals surface area (Å²) in [5.74, 6) is -1.90. The second kappa shape index (κ2) is 7.42. The van der Waals surface area contributed by atoms with Gasteiger partial charge in [0.1, 0.15) is 0 Å². The van der Waals surface area contributed by atoms with Gasteiger partial charge in [0.2, 0.25) is 0 Å². The molecule has 0 saturated heterocycles. The van der Waals surface area contributed by atoms with E-state index in [1.165, 1.54) is 0 Å². The highest BCUT2D eigenvalue weighted by atomic mass is 16.4. The third-order valence-electron chi connectivity index (χ3n) is 3.55. The first kappa shape index (κ1) is 17.2. The first-order chi connectivity index (χ1) is 11.5. The fourth-order valence-corrected chi connectivity index (χ4v) is 2.36. The van der Waals surface area contributed by atoms with Gasteiger partial charge in [0, 0.05) is 0 Å². The third kappa shape index (κ3) is 3.60. The van der Waals surface area contributed by atoms with Crippen molar-refractivity contribution in [2.45, 2.75) is 13.8 Å². The zero-order chi connectivity index (χ0) is 17.7. The number of carboxylic acid groups (broad SMARTS) is 2. The number of benzene rings is 3. The van der Waals surface area contributed by atoms with Crippen LogP contribution in [0.2, 0.25) is 0 Å². The minimum atomic E-state index is -0.953. The van der Waals surface area contributed by atoms with Gasteiger partial charge < -0.3 is 10.2 Å². The Morgan fingerprint density at radius 2 is 1.08 bits per heavy atom. The highest BCUT2D eigenvalue weighted by molar-refractivity contribution is 5.96. The van der Waals surface area contributed by atoms with E-state index in [1.54, 1.807) is 42.5 Å². The minimum absolute atomic E-state index is 0.246. The maximum absolute atomic E-state index is 11.0. The summed E-state index contributed by atoms with van der Waals surface area (Å²) < 4.78 is 0. The van der Waals surface area contributed by atoms with Crippen molar-refractivity contribution in [3.05, 3.63) is 71.8 Å². The number of fused-ring (bicyclic) bond motifs is 1. The molecule has 0 aliphatic carbocycles. The van der Waals surface area contributed by atoms with Gasteiger partial charge in [0.15, 0.2) is 0 Å². The summed E-state index contributed by atoms with van der Waals surface area (Å²) in [5.41, 5.74) is 2.36. The van der Waals surface area contributed by atoms with E-state index in [4.69, 9.17) is 10.2 Å². The van der Waals surface area contributed by atoms with Crippen molar-refractivity contribution in [3.63, 3.8) is 0 Å². The maximum Gasteiger partial charge on any atom is 0.335 e. The number of carboxylic acids is 2. The topological polar surface area (TPSA) is 74.6 Å². The molecule has 0 saturated carbocycles. The molecule has 4 heteroatoms. The van der Waals surface area contributed by atoms with Crippen molar-refractivity contribution in [2.75, 3.05) is 0 Å². The van der Waals surface area contributed by atoms with Crippen LogP contribution in [0, 0.1) is 0 Å². The van der Waals surface area contributed by atoms with E-state index >= 15 is 0 Å². The number of hydrogen-bond acceptors (Lipinski definition) is 2. The second-order valence-corrected chi connectivity index (χ2v) is 4.96. The lowest BCUT2D eigenvalue weighted by Gasteiger charge is -2.06. The first-order valence-electron chi connectivity index (χ1n) is 7.65. The summed E-state index contributed by atoms with van der Waals surface area (Å²) in [7, 11) is 0. The number of rotatable bonds is 3. The van der Waals surface area contributed by atoms with Gasteiger partial charge in [-0.05, 0) is 52.2 Å². The molecule has 3 rings (SSSR count). The largest absolute Gasteiger partial charge is 0.478 e. The first-order valence-corrected chi connectivity index (χ1v) is 7.65. The molecule has 0 aliphatic rings. The molecule has 0 radical (unpaired) electrons. The van der Waals surface area contributed by atoms with Gasteiger partial charge in [0.05, 0.1) is 11.1 Å². The molecule has 122 valence electrons. The zero-order valence-corrected chi connectivity index (χ0v) is 13.5. The summed E-state index contributed by atoms with van der Waals surface area (Å²) >= 11 is 0. The van der Waals surface area contributed by atoms with Crippen molar-refractivity contribution in [3.8, 4) is 11.1 Å². The van der Waals surface area contributed by atoms with Crippen molar-refractivity contribution in [2.24, 2.45) is 0 Å². The van der Waals surface area contributed by atoms with Gasteiger partial charge in [-0.3, -0.25) is 0 Å². The Labute approximate surface area is 140 Å². The summed E-state index contributed by atoms with van der Waals surface area (Å²) in [6, 6.07) is 17.3. The molecule has 3 aromatic carbocycles. The van der Waals surface area contributed by atoms with E-state index in [1.807, 2.05) is 32.0 Å². The fourth-order valence-electron chi connectivity index (χ4n) is 2.36. The molecule has 24 heavy (non-hydrogen) atoms. The maximum atomic E-state index is 11.0. The standard InChI is InChI=1S/C18H12O4.C2H6/c19-17(20)12-3-1-11(2-4-12)13-5-6-15-10-16(18(21)22)8-7-14(15)9-13;1-2/h1-10H,(H,19,20)(H,21,22);1-2H3. The predicted octanol–water partition coefficient (Wildman–Crippen LogP) is 4.93. The van der Waals surface area contributed by atoms with Crippen molar-refractivity contribution in [1.82, 2.24) is 0 Å². The van der Waals surface area contributed by atoms with Crippen LogP contribution in [-0.4, -0.2) is 22.2 Å². The van der Waals surface area contributed by atoms with Crippen LogP contribution >= 0.6 is 0 Å². The lowest BCUT2D eigenvalue weighted by molar-refractivity contribution is 0.0686. The molecule has 0 spiro atoms. The molecule has 0 amide bonds. The summed E-state index contributed by atoms with van der Waals surface area (Å²) in [5, 5.41) is 19.7. The van der Waals surface area contributed by atoms with Crippen LogP contribution in [0.15, 0.2) is 60.7 Å². The van der Waals surface area contributed by atoms with Crippen LogP contribution in [0.1, 0.15) is 34.6 Å². The number of aromatic carboxylic acids is 2. The molecule has 0 aliphatic heterocycles. The van der Waals surface area contributed by atoms with E-state index in [-0.39, 0.29) is 11.1 Å². The Morgan fingerprint density at radius 1 is 0.625 bits per heavy atom. The summed E-state index contributed by atoms with van der Waals surface area (Å²) in [6.45, 7) is 4.00. The molecule has 2 N–H and O–H groups in total. The van der Waals surface area contributed by atoms with Crippen molar-refractivity contribution >= 4 is 22.7 Å². The van der Waals surface area contributed by atoms with E-state index in [9.17, 15) is 9.59 Å². The summed E-state index contributed by atoms with van der Waals surface area (Å²) in [4.78, 5) is 21.8. The van der Waals surface area contributed by atoms with Crippen LogP contribution in [-0.2, 0) is 0 Å².